The second-order valence-corrected chi connectivity index (χ2v) is 5.71. The van der Waals surface area contributed by atoms with Crippen LogP contribution in [-0.2, 0) is 6.54 Å². The van der Waals surface area contributed by atoms with Crippen molar-refractivity contribution in [1.29, 1.82) is 0 Å². The third-order valence-corrected chi connectivity index (χ3v) is 3.94. The highest BCUT2D eigenvalue weighted by molar-refractivity contribution is 5.93. The Labute approximate surface area is 120 Å². The van der Waals surface area contributed by atoms with Crippen LogP contribution in [0.1, 0.15) is 48.2 Å². The standard InChI is InChI=1S/C15H24N4O/c1-19(10-12-5-3-2-4-6-12)11-14-8-7-13(9-17-14)15(20)18-16/h7-9,12H,2-6,10-11,16H2,1H3,(H,18,20). The van der Waals surface area contributed by atoms with Crippen molar-refractivity contribution >= 4 is 5.91 Å². The number of aromatic nitrogens is 1. The molecule has 1 heterocycles. The van der Waals surface area contributed by atoms with E-state index >= 15 is 0 Å². The fraction of sp³-hybridized carbons (Fsp3) is 0.600. The Balaban J connectivity index is 1.84. The summed E-state index contributed by atoms with van der Waals surface area (Å²) in [5, 5.41) is 0. The normalized spacial score (nSPS) is 16.4. The van der Waals surface area contributed by atoms with E-state index in [1.54, 1.807) is 12.3 Å². The lowest BCUT2D eigenvalue weighted by Gasteiger charge is -2.26. The van der Waals surface area contributed by atoms with Gasteiger partial charge in [0.2, 0.25) is 0 Å². The molecule has 1 saturated carbocycles. The first-order chi connectivity index (χ1) is 9.69. The molecule has 20 heavy (non-hydrogen) atoms. The third-order valence-electron chi connectivity index (χ3n) is 3.94. The quantitative estimate of drug-likeness (QED) is 0.488. The molecule has 5 heteroatoms. The van der Waals surface area contributed by atoms with Gasteiger partial charge in [0.05, 0.1) is 11.3 Å². The summed E-state index contributed by atoms with van der Waals surface area (Å²) in [5.41, 5.74) is 3.58. The predicted molar refractivity (Wildman–Crippen MR) is 78.8 cm³/mol. The topological polar surface area (TPSA) is 71.2 Å². The first-order valence-corrected chi connectivity index (χ1v) is 7.33. The molecule has 0 aliphatic heterocycles. The minimum absolute atomic E-state index is 0.306. The fourth-order valence-electron chi connectivity index (χ4n) is 2.89. The molecule has 110 valence electrons. The molecule has 0 atom stereocenters. The molecule has 0 bridgehead atoms. The van der Waals surface area contributed by atoms with Crippen molar-refractivity contribution in [2.45, 2.75) is 38.6 Å². The van der Waals surface area contributed by atoms with Gasteiger partial charge in [0, 0.05) is 19.3 Å². The first-order valence-electron chi connectivity index (χ1n) is 7.33. The van der Waals surface area contributed by atoms with Crippen LogP contribution in [0, 0.1) is 5.92 Å². The lowest BCUT2D eigenvalue weighted by Crippen LogP contribution is -2.30. The second-order valence-electron chi connectivity index (χ2n) is 5.71. The maximum atomic E-state index is 11.3. The van der Waals surface area contributed by atoms with Gasteiger partial charge in [0.25, 0.3) is 5.91 Å². The van der Waals surface area contributed by atoms with Crippen molar-refractivity contribution in [1.82, 2.24) is 15.3 Å². The summed E-state index contributed by atoms with van der Waals surface area (Å²) in [5.74, 6) is 5.62. The Morgan fingerprint density at radius 2 is 2.15 bits per heavy atom. The van der Waals surface area contributed by atoms with Gasteiger partial charge in [-0.05, 0) is 37.9 Å². The van der Waals surface area contributed by atoms with Gasteiger partial charge in [0.1, 0.15) is 0 Å². The molecule has 1 aromatic rings. The smallest absolute Gasteiger partial charge is 0.266 e. The minimum atomic E-state index is -0.306. The number of nitrogens with zero attached hydrogens (tertiary/aromatic N) is 2. The summed E-state index contributed by atoms with van der Waals surface area (Å²) < 4.78 is 0. The van der Waals surface area contributed by atoms with E-state index in [0.717, 1.165) is 24.7 Å². The summed E-state index contributed by atoms with van der Waals surface area (Å²) in [7, 11) is 2.14. The third kappa shape index (κ3) is 4.28. The van der Waals surface area contributed by atoms with Crippen LogP contribution in [0.3, 0.4) is 0 Å². The van der Waals surface area contributed by atoms with Crippen molar-refractivity contribution < 1.29 is 4.79 Å². The van der Waals surface area contributed by atoms with Crippen LogP contribution < -0.4 is 11.3 Å². The largest absolute Gasteiger partial charge is 0.300 e. The van der Waals surface area contributed by atoms with Gasteiger partial charge in [-0.1, -0.05) is 19.3 Å². The zero-order valence-corrected chi connectivity index (χ0v) is 12.1. The Hall–Kier alpha value is -1.46. The molecule has 3 N–H and O–H groups in total. The molecule has 0 saturated heterocycles. The highest BCUT2D eigenvalue weighted by Gasteiger charge is 2.15. The average Bonchev–Trinajstić information content (AvgIpc) is 2.48. The Morgan fingerprint density at radius 3 is 2.75 bits per heavy atom. The van der Waals surface area contributed by atoms with Crippen LogP contribution >= 0.6 is 0 Å². The fourth-order valence-corrected chi connectivity index (χ4v) is 2.89. The number of nitrogens with one attached hydrogen (secondary N) is 1. The van der Waals surface area contributed by atoms with Crippen LogP contribution in [0.15, 0.2) is 18.3 Å². The van der Waals surface area contributed by atoms with Gasteiger partial charge in [-0.25, -0.2) is 5.84 Å². The van der Waals surface area contributed by atoms with E-state index in [1.807, 2.05) is 6.07 Å². The lowest BCUT2D eigenvalue weighted by atomic mass is 9.89. The van der Waals surface area contributed by atoms with E-state index in [-0.39, 0.29) is 5.91 Å². The minimum Gasteiger partial charge on any atom is -0.300 e. The van der Waals surface area contributed by atoms with Crippen LogP contribution in [-0.4, -0.2) is 29.4 Å². The molecular weight excluding hydrogens is 252 g/mol. The van der Waals surface area contributed by atoms with Crippen molar-refractivity contribution in [2.24, 2.45) is 11.8 Å². The lowest BCUT2D eigenvalue weighted by molar-refractivity contribution is 0.0953. The molecule has 5 nitrogen and oxygen atoms in total. The molecular formula is C15H24N4O. The zero-order valence-electron chi connectivity index (χ0n) is 12.1. The highest BCUT2D eigenvalue weighted by atomic mass is 16.2. The van der Waals surface area contributed by atoms with Crippen molar-refractivity contribution in [3.05, 3.63) is 29.6 Å². The van der Waals surface area contributed by atoms with Gasteiger partial charge in [-0.15, -0.1) is 0 Å². The number of nitrogen functional groups attached to an aromatic ring is 1. The van der Waals surface area contributed by atoms with E-state index in [1.165, 1.54) is 32.1 Å². The Kier molecular flexibility index (Phi) is 5.49. The predicted octanol–water partition coefficient (Wildman–Crippen LogP) is 1.70. The molecule has 1 aliphatic carbocycles. The first kappa shape index (κ1) is 14.9. The number of carbonyl (C=O) groups excluding carboxylic acids is 1. The van der Waals surface area contributed by atoms with Crippen LogP contribution in [0.25, 0.3) is 0 Å². The van der Waals surface area contributed by atoms with E-state index in [2.05, 4.69) is 22.4 Å². The van der Waals surface area contributed by atoms with Gasteiger partial charge < -0.3 is 4.90 Å². The van der Waals surface area contributed by atoms with Crippen molar-refractivity contribution in [3.63, 3.8) is 0 Å². The molecule has 0 unspecified atom stereocenters. The summed E-state index contributed by atoms with van der Waals surface area (Å²) >= 11 is 0. The number of hydrogen-bond acceptors (Lipinski definition) is 4. The van der Waals surface area contributed by atoms with Crippen LogP contribution in [0.2, 0.25) is 0 Å². The van der Waals surface area contributed by atoms with Gasteiger partial charge in [-0.3, -0.25) is 15.2 Å². The maximum Gasteiger partial charge on any atom is 0.266 e. The molecule has 2 rings (SSSR count). The van der Waals surface area contributed by atoms with E-state index < -0.39 is 0 Å². The molecule has 1 aliphatic rings. The zero-order chi connectivity index (χ0) is 14.4. The SMILES string of the molecule is CN(Cc1ccc(C(=O)NN)cn1)CC1CCCCC1. The van der Waals surface area contributed by atoms with E-state index in [0.29, 0.717) is 5.56 Å². The number of hydrazine groups is 1. The Bertz CT molecular complexity index is 426. The molecule has 1 amide bonds. The molecule has 1 aromatic heterocycles. The van der Waals surface area contributed by atoms with Gasteiger partial charge in [0.15, 0.2) is 0 Å². The molecule has 0 radical (unpaired) electrons. The highest BCUT2D eigenvalue weighted by Crippen LogP contribution is 2.24. The number of amides is 1. The summed E-state index contributed by atoms with van der Waals surface area (Å²) in [6.07, 6.45) is 8.43. The monoisotopic (exact) mass is 276 g/mol. The molecule has 0 aromatic carbocycles. The number of rotatable bonds is 5. The molecule has 0 spiro atoms. The van der Waals surface area contributed by atoms with Crippen molar-refractivity contribution in [3.8, 4) is 0 Å². The van der Waals surface area contributed by atoms with E-state index in [4.69, 9.17) is 5.84 Å². The number of hydrogen-bond donors (Lipinski definition) is 2. The number of nitrogens with two attached hydrogens (primary N) is 1. The van der Waals surface area contributed by atoms with Gasteiger partial charge >= 0.3 is 0 Å². The summed E-state index contributed by atoms with van der Waals surface area (Å²) in [6, 6.07) is 3.65. The van der Waals surface area contributed by atoms with Gasteiger partial charge in [-0.2, -0.15) is 0 Å². The summed E-state index contributed by atoms with van der Waals surface area (Å²) in [4.78, 5) is 18.0. The van der Waals surface area contributed by atoms with Crippen molar-refractivity contribution in [2.75, 3.05) is 13.6 Å². The van der Waals surface area contributed by atoms with Crippen LogP contribution in [0.4, 0.5) is 0 Å². The second kappa shape index (κ2) is 7.36. The molecule has 1 fully saturated rings. The number of carbonyl (C=O) groups is 1. The number of pyridine rings is 1. The Morgan fingerprint density at radius 1 is 1.40 bits per heavy atom. The van der Waals surface area contributed by atoms with E-state index in [9.17, 15) is 4.79 Å². The van der Waals surface area contributed by atoms with Crippen LogP contribution in [0.5, 0.6) is 0 Å². The summed E-state index contributed by atoms with van der Waals surface area (Å²) in [6.45, 7) is 1.95. The average molecular weight is 276 g/mol. The maximum absolute atomic E-state index is 11.3.